The topological polar surface area (TPSA) is 107 Å². The van der Waals surface area contributed by atoms with Crippen LogP contribution in [-0.4, -0.2) is 123 Å². The number of carbonyl (C=O) groups excluding carboxylic acids is 3. The molecule has 1 aromatic carbocycles. The number of hydrogen-bond acceptors (Lipinski definition) is 9. The van der Waals surface area contributed by atoms with Gasteiger partial charge in [-0.15, -0.1) is 0 Å². The Morgan fingerprint density at radius 2 is 1.00 bits per heavy atom. The van der Waals surface area contributed by atoms with Gasteiger partial charge in [0.25, 0.3) is 0 Å². The molecule has 0 N–H and O–H groups in total. The fraction of sp³-hybridized carbons (Fsp3) is 0.705. The van der Waals surface area contributed by atoms with E-state index in [1.54, 1.807) is 27.7 Å². The van der Waals surface area contributed by atoms with Crippen LogP contribution in [0.15, 0.2) is 48.6 Å². The molecule has 1 heterocycles. The summed E-state index contributed by atoms with van der Waals surface area (Å²) in [6, 6.07) is 3.63. The van der Waals surface area contributed by atoms with Crippen LogP contribution in [0.4, 0.5) is 96.6 Å². The third-order valence-electron chi connectivity index (χ3n) is 11.8. The predicted octanol–water partition coefficient (Wildman–Crippen LogP) is 13.8. The molecule has 0 bridgehead atoms. The Labute approximate surface area is 419 Å². The zero-order valence-corrected chi connectivity index (χ0v) is 41.6. The second-order valence-electron chi connectivity index (χ2n) is 18.1. The Morgan fingerprint density at radius 3 is 1.47 bits per heavy atom. The first-order valence-electron chi connectivity index (χ1n) is 22.2. The van der Waals surface area contributed by atoms with E-state index in [0.29, 0.717) is 0 Å². The van der Waals surface area contributed by atoms with Crippen LogP contribution in [-0.2, 0) is 44.4 Å². The summed E-state index contributed by atoms with van der Waals surface area (Å²) in [5.74, 6) is -65.8. The molecule has 2 rings (SSSR count). The highest BCUT2D eigenvalue weighted by molar-refractivity contribution is 6.76. The minimum atomic E-state index is -8.75. The maximum absolute atomic E-state index is 14.3. The van der Waals surface area contributed by atoms with E-state index >= 15 is 0 Å². The Morgan fingerprint density at radius 1 is 0.553 bits per heavy atom. The minimum absolute atomic E-state index is 0.176. The van der Waals surface area contributed by atoms with Crippen LogP contribution >= 0.6 is 0 Å². The number of benzene rings is 1. The van der Waals surface area contributed by atoms with Crippen molar-refractivity contribution in [3.8, 4) is 5.75 Å². The molecule has 0 saturated heterocycles. The molecule has 438 valence electrons. The zero-order chi connectivity index (χ0) is 59.3. The number of ether oxygens (including phenoxy) is 5. The number of carbonyl (C=O) groups is 3. The van der Waals surface area contributed by atoms with Gasteiger partial charge in [0.15, 0.2) is 8.32 Å². The molecule has 76 heavy (non-hydrogen) atoms. The monoisotopic (exact) mass is 1170 g/mol. The number of halogens is 22. The quantitative estimate of drug-likeness (QED) is 0.0391. The van der Waals surface area contributed by atoms with Crippen molar-refractivity contribution in [2.24, 2.45) is 0 Å². The number of hydrogen-bond donors (Lipinski definition) is 0. The van der Waals surface area contributed by atoms with Crippen molar-refractivity contribution in [2.45, 2.75) is 188 Å². The van der Waals surface area contributed by atoms with Crippen molar-refractivity contribution in [1.29, 1.82) is 0 Å². The van der Waals surface area contributed by atoms with Gasteiger partial charge >= 0.3 is 77.6 Å². The van der Waals surface area contributed by atoms with E-state index in [9.17, 15) is 111 Å². The summed E-state index contributed by atoms with van der Waals surface area (Å²) < 4.78 is 332. The number of esters is 3. The van der Waals surface area contributed by atoms with Gasteiger partial charge in [0.1, 0.15) is 36.3 Å². The van der Waals surface area contributed by atoms with Crippen molar-refractivity contribution in [3.05, 3.63) is 54.1 Å². The molecular weight excluding hydrogens is 1120 g/mol. The van der Waals surface area contributed by atoms with Crippen molar-refractivity contribution in [1.82, 2.24) is 0 Å². The number of alkyl halides is 22. The molecule has 5 atom stereocenters. The zero-order valence-electron chi connectivity index (χ0n) is 40.6. The Hall–Kier alpha value is -4.49. The Kier molecular flexibility index (Phi) is 21.6. The van der Waals surface area contributed by atoms with E-state index in [1.165, 1.54) is 20.8 Å². The van der Waals surface area contributed by atoms with E-state index in [-0.39, 0.29) is 11.3 Å². The Bertz CT molecular complexity index is 2150. The first-order chi connectivity index (χ1) is 34.1. The molecule has 1 aliphatic rings. The Balaban J connectivity index is 2.29. The first-order valence-corrected chi connectivity index (χ1v) is 24.5. The summed E-state index contributed by atoms with van der Waals surface area (Å²) in [5, 5.41) is 0. The van der Waals surface area contributed by atoms with Gasteiger partial charge in [0.05, 0.1) is 19.6 Å². The van der Waals surface area contributed by atoms with Crippen LogP contribution in [0.2, 0.25) is 17.1 Å². The molecule has 0 unspecified atom stereocenters. The lowest BCUT2D eigenvalue weighted by molar-refractivity contribution is -0.461. The van der Waals surface area contributed by atoms with Crippen molar-refractivity contribution in [3.63, 3.8) is 0 Å². The summed E-state index contributed by atoms with van der Waals surface area (Å²) in [6.07, 6.45) is -23.1. The average molecular weight is 1170 g/mol. The fourth-order valence-corrected chi connectivity index (χ4v) is 11.8. The van der Waals surface area contributed by atoms with E-state index in [0.717, 1.165) is 48.6 Å². The molecule has 0 fully saturated rings. The molecule has 0 radical (unpaired) electrons. The van der Waals surface area contributed by atoms with Crippen molar-refractivity contribution < 1.29 is 139 Å². The molecule has 1 aromatic rings. The largest absolute Gasteiger partial charge is 0.494 e. The van der Waals surface area contributed by atoms with Gasteiger partial charge < -0.3 is 28.1 Å². The summed E-state index contributed by atoms with van der Waals surface area (Å²) >= 11 is 0. The highest BCUT2D eigenvalue weighted by atomic mass is 28.4. The van der Waals surface area contributed by atoms with Gasteiger partial charge in [-0.2, -0.15) is 96.6 Å². The summed E-state index contributed by atoms with van der Waals surface area (Å²) in [4.78, 5) is 38.8. The lowest BCUT2D eigenvalue weighted by Gasteiger charge is -2.42. The van der Waals surface area contributed by atoms with E-state index in [4.69, 9.17) is 28.1 Å². The molecular formula is C44H50F22O9Si. The molecule has 0 spiro atoms. The maximum Gasteiger partial charge on any atom is 0.460 e. The van der Waals surface area contributed by atoms with Crippen LogP contribution in [0, 0.1) is 0 Å². The average Bonchev–Trinajstić information content (AvgIpc) is 3.26. The van der Waals surface area contributed by atoms with Crippen molar-refractivity contribution >= 4 is 26.2 Å². The van der Waals surface area contributed by atoms with Gasteiger partial charge in [0, 0.05) is 25.0 Å². The van der Waals surface area contributed by atoms with Gasteiger partial charge in [-0.25, -0.2) is 9.59 Å². The van der Waals surface area contributed by atoms with Gasteiger partial charge in [-0.05, 0) is 74.2 Å². The molecule has 0 saturated carbocycles. The lowest BCUT2D eigenvalue weighted by atomic mass is 9.88. The van der Waals surface area contributed by atoms with Gasteiger partial charge in [-0.3, -0.25) is 4.79 Å². The van der Waals surface area contributed by atoms with E-state index < -0.39 is 173 Å². The molecule has 32 heteroatoms. The third-order valence-corrected chi connectivity index (χ3v) is 17.4. The summed E-state index contributed by atoms with van der Waals surface area (Å²) in [6.45, 7) is 8.36. The molecule has 1 aliphatic heterocycles. The van der Waals surface area contributed by atoms with E-state index in [1.807, 2.05) is 0 Å². The van der Waals surface area contributed by atoms with Crippen LogP contribution in [0.5, 0.6) is 5.75 Å². The predicted molar refractivity (Wildman–Crippen MR) is 221 cm³/mol. The fourth-order valence-electron chi connectivity index (χ4n) is 7.15. The summed E-state index contributed by atoms with van der Waals surface area (Å²) in [5.41, 5.74) is -1.07. The second kappa shape index (κ2) is 24.3. The molecule has 0 aliphatic carbocycles. The molecule has 0 amide bonds. The SMILES string of the molecule is CC(C)[Si](CCC(F)(F)C(F)(F)F)(O[C@@H]1/C=C/C(=O)O[C@@H](C)CC(=O)O[C@@H](C)[C@H](OCc2ccc(OCCCC(F)(F)C(F)(F)C(F)(F)C(F)(F)C(F)(F)C(F)(F)C(F)(F)C(F)(F)F)cc2)/C=C/C(=O)O[C@@H]1C)C(C)C. The normalized spacial score (nSPS) is 22.3. The van der Waals surface area contributed by atoms with Gasteiger partial charge in [0.2, 0.25) is 0 Å². The van der Waals surface area contributed by atoms with Crippen LogP contribution < -0.4 is 4.74 Å². The number of cyclic esters (lactones) is 3. The van der Waals surface area contributed by atoms with Crippen LogP contribution in [0.25, 0.3) is 0 Å². The van der Waals surface area contributed by atoms with Crippen LogP contribution in [0.3, 0.4) is 0 Å². The minimum Gasteiger partial charge on any atom is -0.494 e. The van der Waals surface area contributed by atoms with Gasteiger partial charge in [-0.1, -0.05) is 39.8 Å². The van der Waals surface area contributed by atoms with Crippen LogP contribution in [0.1, 0.15) is 79.7 Å². The first kappa shape index (κ1) is 67.6. The molecule has 9 nitrogen and oxygen atoms in total. The summed E-state index contributed by atoms with van der Waals surface area (Å²) in [7, 11) is -3.73. The van der Waals surface area contributed by atoms with Crippen molar-refractivity contribution in [2.75, 3.05) is 6.61 Å². The highest BCUT2D eigenvalue weighted by Gasteiger charge is 2.95. The number of rotatable bonds is 21. The smallest absolute Gasteiger partial charge is 0.460 e. The molecule has 0 aromatic heterocycles. The lowest BCUT2D eigenvalue weighted by Crippen LogP contribution is -2.74. The standard InChI is InChI=1S/C44H50F22O9Si/c1-23(2)76(24(3)4,20-18-36(47,48)43(61,62)63)75-31-14-16-32(67)72-25(5)21-34(69)74-26(6)30(13-15-33(68)73-27(31)7)71-22-28-9-11-29(12-10-28)70-19-8-17-35(45,46)37(49,50)38(51,52)39(53,54)40(55,56)41(57,58)42(59,60)44(64,65)66/h9-16,23-27,30-31H,8,17-22H2,1-7H3/b15-13+,16-14+/t25-,26-,27+,30+,31+/m0/s1. The second-order valence-corrected chi connectivity index (χ2v) is 23.0. The maximum atomic E-state index is 14.3. The van der Waals surface area contributed by atoms with E-state index in [2.05, 4.69) is 0 Å². The third kappa shape index (κ3) is 14.8. The highest BCUT2D eigenvalue weighted by Crippen LogP contribution is 2.64.